The third-order valence-corrected chi connectivity index (χ3v) is 5.91. The van der Waals surface area contributed by atoms with Gasteiger partial charge < -0.3 is 21.1 Å². The molecule has 1 aliphatic heterocycles. The number of carbonyl (C=O) groups is 4. The number of benzene rings is 2. The molecule has 0 bridgehead atoms. The Bertz CT molecular complexity index is 1160. The number of aliphatic carboxylic acids is 1. The normalized spacial score (nSPS) is 16.9. The van der Waals surface area contributed by atoms with Crippen LogP contribution in [0.25, 0.3) is 0 Å². The summed E-state index contributed by atoms with van der Waals surface area (Å²) in [6.45, 7) is 0.853. The second kappa shape index (κ2) is 11.2. The van der Waals surface area contributed by atoms with E-state index in [1.807, 2.05) is 30.3 Å². The first kappa shape index (κ1) is 25.9. The molecule has 0 fully saturated rings. The summed E-state index contributed by atoms with van der Waals surface area (Å²) in [6.07, 6.45) is -1.32. The summed E-state index contributed by atoms with van der Waals surface area (Å²) in [5.41, 5.74) is 8.03. The largest absolute Gasteiger partial charge is 0.480 e. The van der Waals surface area contributed by atoms with Crippen LogP contribution in [0.5, 0.6) is 0 Å². The minimum Gasteiger partial charge on any atom is -0.480 e. The van der Waals surface area contributed by atoms with Crippen LogP contribution >= 0.6 is 12.6 Å². The minimum absolute atomic E-state index is 0.0682. The molecule has 3 atom stereocenters. The molecule has 2 aromatic rings. The molecule has 3 amide bonds. The van der Waals surface area contributed by atoms with Crippen LogP contribution in [0.3, 0.4) is 0 Å². The zero-order chi connectivity index (χ0) is 25.7. The van der Waals surface area contributed by atoms with Crippen molar-refractivity contribution in [2.45, 2.75) is 25.2 Å². The maximum absolute atomic E-state index is 13.8. The first-order valence-corrected chi connectivity index (χ1v) is 11.5. The van der Waals surface area contributed by atoms with E-state index in [1.165, 1.54) is 18.9 Å². The molecule has 11 heteroatoms. The van der Waals surface area contributed by atoms with Gasteiger partial charge in [0.15, 0.2) is 0 Å². The summed E-state index contributed by atoms with van der Waals surface area (Å²) in [5, 5.41) is 11.5. The van der Waals surface area contributed by atoms with Crippen LogP contribution < -0.4 is 16.0 Å². The first-order valence-electron chi connectivity index (χ1n) is 10.8. The second-order valence-corrected chi connectivity index (χ2v) is 8.39. The van der Waals surface area contributed by atoms with Gasteiger partial charge in [-0.15, -0.1) is 0 Å². The van der Waals surface area contributed by atoms with Crippen LogP contribution in [0, 0.1) is 0 Å². The van der Waals surface area contributed by atoms with Crippen molar-refractivity contribution < 1.29 is 24.3 Å². The van der Waals surface area contributed by atoms with Gasteiger partial charge in [0.25, 0.3) is 5.91 Å². The lowest BCUT2D eigenvalue weighted by atomic mass is 10.0. The fourth-order valence-corrected chi connectivity index (χ4v) is 3.76. The van der Waals surface area contributed by atoms with Crippen molar-refractivity contribution in [3.05, 3.63) is 65.7 Å². The van der Waals surface area contributed by atoms with E-state index in [4.69, 9.17) is 10.8 Å². The van der Waals surface area contributed by atoms with Gasteiger partial charge in [-0.2, -0.15) is 12.6 Å². The van der Waals surface area contributed by atoms with Gasteiger partial charge in [0.1, 0.15) is 12.6 Å². The second-order valence-electron chi connectivity index (χ2n) is 8.02. The average Bonchev–Trinajstić information content (AvgIpc) is 2.98. The summed E-state index contributed by atoms with van der Waals surface area (Å²) in [6, 6.07) is 14.0. The molecular weight excluding hydrogens is 470 g/mol. The molecule has 184 valence electrons. The van der Waals surface area contributed by atoms with Crippen molar-refractivity contribution in [2.75, 3.05) is 24.2 Å². The lowest BCUT2D eigenvalue weighted by molar-refractivity contribution is -0.141. The number of para-hydroxylation sites is 1. The predicted molar refractivity (Wildman–Crippen MR) is 135 cm³/mol. The quantitative estimate of drug-likeness (QED) is 0.391. The molecule has 4 N–H and O–H groups in total. The van der Waals surface area contributed by atoms with E-state index in [0.29, 0.717) is 22.5 Å². The molecule has 1 heterocycles. The number of hydrogen-bond acceptors (Lipinski definition) is 7. The number of carboxylic acids is 1. The number of nitrogens with zero attached hydrogens (tertiary/aromatic N) is 3. The fourth-order valence-electron chi connectivity index (χ4n) is 3.61. The van der Waals surface area contributed by atoms with Gasteiger partial charge in [-0.05, 0) is 13.0 Å². The van der Waals surface area contributed by atoms with Crippen molar-refractivity contribution in [3.63, 3.8) is 0 Å². The SMILES string of the molecule is C[C@H](NC(=O)CN1C(=O)C(N(C)C(=O)C(N)CS)N=C(c2ccccc2)c2ccccc21)C(=O)O. The van der Waals surface area contributed by atoms with Crippen LogP contribution in [-0.4, -0.2) is 77.0 Å². The summed E-state index contributed by atoms with van der Waals surface area (Å²) in [5.74, 6) is -2.99. The van der Waals surface area contributed by atoms with Crippen molar-refractivity contribution in [3.8, 4) is 0 Å². The molecule has 0 radical (unpaired) electrons. The number of fused-ring (bicyclic) bond motifs is 1. The van der Waals surface area contributed by atoms with E-state index in [1.54, 1.807) is 24.3 Å². The maximum Gasteiger partial charge on any atom is 0.325 e. The molecule has 10 nitrogen and oxygen atoms in total. The molecule has 0 saturated carbocycles. The number of amides is 3. The number of hydrogen-bond donors (Lipinski definition) is 4. The smallest absolute Gasteiger partial charge is 0.325 e. The zero-order valence-corrected chi connectivity index (χ0v) is 20.2. The lowest BCUT2D eigenvalue weighted by Crippen LogP contribution is -2.54. The van der Waals surface area contributed by atoms with Gasteiger partial charge in [0, 0.05) is 23.9 Å². The Morgan fingerprint density at radius 2 is 1.80 bits per heavy atom. The van der Waals surface area contributed by atoms with Gasteiger partial charge in [-0.1, -0.05) is 48.5 Å². The van der Waals surface area contributed by atoms with Crippen molar-refractivity contribution in [2.24, 2.45) is 10.7 Å². The number of aliphatic imine (C=N–C) groups is 1. The van der Waals surface area contributed by atoms with Crippen LogP contribution in [0.4, 0.5) is 5.69 Å². The van der Waals surface area contributed by atoms with Gasteiger partial charge in [-0.25, -0.2) is 4.99 Å². The number of benzodiazepines with no additional fused rings is 1. The van der Waals surface area contributed by atoms with E-state index in [0.717, 1.165) is 4.90 Å². The molecule has 0 spiro atoms. The van der Waals surface area contributed by atoms with E-state index in [9.17, 15) is 19.2 Å². The maximum atomic E-state index is 13.8. The van der Waals surface area contributed by atoms with E-state index in [2.05, 4.69) is 22.9 Å². The van der Waals surface area contributed by atoms with Crippen LogP contribution in [-0.2, 0) is 19.2 Å². The average molecular weight is 498 g/mol. The Hall–Kier alpha value is -3.70. The Balaban J connectivity index is 2.13. The van der Waals surface area contributed by atoms with Gasteiger partial charge in [0.05, 0.1) is 17.4 Å². The standard InChI is InChI=1S/C24H27N5O5S/c1-14(24(33)34)26-19(30)12-29-18-11-7-6-10-16(18)20(15-8-4-3-5-9-15)27-21(23(29)32)28(2)22(31)17(25)13-35/h3-11,14,17,21,35H,12-13,25H2,1-2H3,(H,26,30)(H,33,34)/t14-,17?,21?/m0/s1. The Morgan fingerprint density at radius 3 is 2.43 bits per heavy atom. The van der Waals surface area contributed by atoms with E-state index >= 15 is 0 Å². The number of carboxylic acid groups (broad SMARTS) is 1. The van der Waals surface area contributed by atoms with Crippen LogP contribution in [0.15, 0.2) is 59.6 Å². The number of nitrogens with two attached hydrogens (primary N) is 1. The predicted octanol–water partition coefficient (Wildman–Crippen LogP) is 0.502. The number of thiol groups is 1. The topological polar surface area (TPSA) is 145 Å². The van der Waals surface area contributed by atoms with E-state index in [-0.39, 0.29) is 5.75 Å². The molecule has 0 aliphatic carbocycles. The summed E-state index contributed by atoms with van der Waals surface area (Å²) < 4.78 is 0. The number of rotatable bonds is 8. The number of carbonyl (C=O) groups excluding carboxylic acids is 3. The third-order valence-electron chi connectivity index (χ3n) is 5.51. The van der Waals surface area contributed by atoms with Gasteiger partial charge >= 0.3 is 5.97 Å². The third kappa shape index (κ3) is 5.69. The van der Waals surface area contributed by atoms with Gasteiger partial charge in [0.2, 0.25) is 18.0 Å². The Morgan fingerprint density at radius 1 is 1.17 bits per heavy atom. The molecule has 3 rings (SSSR count). The van der Waals surface area contributed by atoms with Crippen molar-refractivity contribution >= 4 is 47.7 Å². The van der Waals surface area contributed by atoms with Crippen LogP contribution in [0.2, 0.25) is 0 Å². The number of likely N-dealkylation sites (N-methyl/N-ethyl adjacent to an activating group) is 1. The van der Waals surface area contributed by atoms with Crippen molar-refractivity contribution in [1.82, 2.24) is 10.2 Å². The highest BCUT2D eigenvalue weighted by Crippen LogP contribution is 2.29. The van der Waals surface area contributed by atoms with Crippen LogP contribution in [0.1, 0.15) is 18.1 Å². The molecule has 2 aromatic carbocycles. The molecule has 35 heavy (non-hydrogen) atoms. The highest BCUT2D eigenvalue weighted by molar-refractivity contribution is 7.80. The zero-order valence-electron chi connectivity index (χ0n) is 19.3. The minimum atomic E-state index is -1.32. The molecular formula is C24H27N5O5S. The summed E-state index contributed by atoms with van der Waals surface area (Å²) in [4.78, 5) is 57.5. The number of nitrogens with one attached hydrogen (secondary N) is 1. The molecule has 0 saturated heterocycles. The van der Waals surface area contributed by atoms with Crippen molar-refractivity contribution in [1.29, 1.82) is 0 Å². The van der Waals surface area contributed by atoms with E-state index < -0.39 is 48.5 Å². The lowest BCUT2D eigenvalue weighted by Gasteiger charge is -2.30. The molecule has 0 aromatic heterocycles. The highest BCUT2D eigenvalue weighted by atomic mass is 32.1. The molecule has 2 unspecified atom stereocenters. The summed E-state index contributed by atoms with van der Waals surface area (Å²) >= 11 is 4.08. The molecule has 1 aliphatic rings. The first-order chi connectivity index (χ1) is 16.6. The highest BCUT2D eigenvalue weighted by Gasteiger charge is 2.38. The Labute approximate surface area is 208 Å². The number of anilines is 1. The summed E-state index contributed by atoms with van der Waals surface area (Å²) in [7, 11) is 1.42. The Kier molecular flexibility index (Phi) is 8.26. The monoisotopic (exact) mass is 497 g/mol. The fraction of sp³-hybridized carbons (Fsp3) is 0.292. The van der Waals surface area contributed by atoms with Gasteiger partial charge in [-0.3, -0.25) is 24.1 Å².